The highest BCUT2D eigenvalue weighted by molar-refractivity contribution is 5.82. The smallest absolute Gasteiger partial charge is 0.348 e. The molecule has 0 aliphatic heterocycles. The first-order valence-electron chi connectivity index (χ1n) is 10.3. The van der Waals surface area contributed by atoms with Gasteiger partial charge in [-0.15, -0.1) is 0 Å². The van der Waals surface area contributed by atoms with E-state index in [1.807, 2.05) is 72.4 Å². The molecule has 5 rings (SSSR count). The summed E-state index contributed by atoms with van der Waals surface area (Å²) in [7, 11) is 1.96. The van der Waals surface area contributed by atoms with Gasteiger partial charge in [0, 0.05) is 30.2 Å². The second-order valence-corrected chi connectivity index (χ2v) is 7.84. The molecule has 3 N–H and O–H groups in total. The Morgan fingerprint density at radius 2 is 1.75 bits per heavy atom. The number of aromatic nitrogens is 4. The van der Waals surface area contributed by atoms with Crippen molar-refractivity contribution in [2.75, 3.05) is 0 Å². The third-order valence-corrected chi connectivity index (χ3v) is 5.76. The SMILES string of the molecule is Cn1ccc2cc(-n3c(-c4cc(CCc5ccccc5)c(O)cc4O)n[nH]c3=O)ccc21. The van der Waals surface area contributed by atoms with Crippen LogP contribution in [0, 0.1) is 0 Å². The first kappa shape index (κ1) is 19.7. The predicted octanol–water partition coefficient (Wildman–Crippen LogP) is 3.92. The van der Waals surface area contributed by atoms with E-state index in [0.717, 1.165) is 22.9 Å². The van der Waals surface area contributed by atoms with Crippen molar-refractivity contribution in [2.24, 2.45) is 7.05 Å². The van der Waals surface area contributed by atoms with Crippen molar-refractivity contribution in [2.45, 2.75) is 12.8 Å². The fourth-order valence-corrected chi connectivity index (χ4v) is 4.05. The molecule has 0 saturated carbocycles. The highest BCUT2D eigenvalue weighted by Crippen LogP contribution is 2.35. The van der Waals surface area contributed by atoms with Crippen LogP contribution in [0.2, 0.25) is 0 Å². The molecule has 3 aromatic carbocycles. The zero-order valence-electron chi connectivity index (χ0n) is 17.5. The van der Waals surface area contributed by atoms with Crippen LogP contribution < -0.4 is 5.69 Å². The Kier molecular flexibility index (Phi) is 4.78. The highest BCUT2D eigenvalue weighted by atomic mass is 16.3. The van der Waals surface area contributed by atoms with Crippen LogP contribution in [0.3, 0.4) is 0 Å². The van der Waals surface area contributed by atoms with Gasteiger partial charge in [0.2, 0.25) is 0 Å². The lowest BCUT2D eigenvalue weighted by molar-refractivity contribution is 0.446. The van der Waals surface area contributed by atoms with Gasteiger partial charge >= 0.3 is 5.69 Å². The molecule has 2 aromatic heterocycles. The Labute approximate surface area is 183 Å². The van der Waals surface area contributed by atoms with Gasteiger partial charge in [-0.1, -0.05) is 30.3 Å². The number of aryl methyl sites for hydroxylation is 3. The number of aromatic amines is 1. The molecule has 0 aliphatic carbocycles. The molecule has 0 aliphatic rings. The molecule has 0 fully saturated rings. The molecule has 5 aromatic rings. The summed E-state index contributed by atoms with van der Waals surface area (Å²) in [6.45, 7) is 0. The van der Waals surface area contributed by atoms with E-state index in [4.69, 9.17) is 0 Å². The van der Waals surface area contributed by atoms with E-state index >= 15 is 0 Å². The second-order valence-electron chi connectivity index (χ2n) is 7.84. The lowest BCUT2D eigenvalue weighted by atomic mass is 10.0. The van der Waals surface area contributed by atoms with Crippen molar-refractivity contribution in [1.82, 2.24) is 19.3 Å². The minimum absolute atomic E-state index is 0.0114. The minimum atomic E-state index is -0.409. The van der Waals surface area contributed by atoms with Crippen LogP contribution in [0.5, 0.6) is 11.5 Å². The zero-order valence-corrected chi connectivity index (χ0v) is 17.5. The summed E-state index contributed by atoms with van der Waals surface area (Å²) < 4.78 is 3.43. The van der Waals surface area contributed by atoms with Crippen LogP contribution in [0.1, 0.15) is 11.1 Å². The summed E-state index contributed by atoms with van der Waals surface area (Å²) >= 11 is 0. The maximum atomic E-state index is 12.6. The van der Waals surface area contributed by atoms with Crippen LogP contribution in [0.25, 0.3) is 28.0 Å². The first-order valence-corrected chi connectivity index (χ1v) is 10.3. The summed E-state index contributed by atoms with van der Waals surface area (Å²) in [5, 5.41) is 28.6. The van der Waals surface area contributed by atoms with E-state index in [1.165, 1.54) is 10.6 Å². The van der Waals surface area contributed by atoms with Crippen LogP contribution in [-0.2, 0) is 19.9 Å². The third-order valence-electron chi connectivity index (χ3n) is 5.76. The maximum Gasteiger partial charge on any atom is 0.348 e. The molecule has 0 spiro atoms. The van der Waals surface area contributed by atoms with E-state index in [9.17, 15) is 15.0 Å². The molecule has 7 nitrogen and oxygen atoms in total. The van der Waals surface area contributed by atoms with Gasteiger partial charge in [0.15, 0.2) is 5.82 Å². The summed E-state index contributed by atoms with van der Waals surface area (Å²) in [5.74, 6) is 0.146. The molecule has 0 radical (unpaired) electrons. The topological polar surface area (TPSA) is 96.1 Å². The number of nitrogens with zero attached hydrogens (tertiary/aromatic N) is 3. The number of phenolic OH excluding ortho intramolecular Hbond substituents is 2. The molecule has 0 bridgehead atoms. The largest absolute Gasteiger partial charge is 0.508 e. The Bertz CT molecular complexity index is 1480. The lowest BCUT2D eigenvalue weighted by Crippen LogP contribution is -2.15. The molecule has 0 unspecified atom stereocenters. The van der Waals surface area contributed by atoms with Gasteiger partial charge in [0.05, 0.1) is 11.3 Å². The molecular formula is C25H22N4O3. The molecule has 160 valence electrons. The minimum Gasteiger partial charge on any atom is -0.508 e. The Morgan fingerprint density at radius 1 is 0.938 bits per heavy atom. The molecule has 2 heterocycles. The van der Waals surface area contributed by atoms with Gasteiger partial charge < -0.3 is 14.8 Å². The molecule has 32 heavy (non-hydrogen) atoms. The van der Waals surface area contributed by atoms with E-state index in [2.05, 4.69) is 10.2 Å². The van der Waals surface area contributed by atoms with Crippen LogP contribution in [0.4, 0.5) is 0 Å². The van der Waals surface area contributed by atoms with E-state index < -0.39 is 5.69 Å². The standard InChI is InChI=1S/C25H22N4O3/c1-28-12-11-17-13-19(9-10-21(17)28)29-24(26-27-25(29)32)20-14-18(22(30)15-23(20)31)8-7-16-5-3-2-4-6-16/h2-6,9-15,30-31H,7-8H2,1H3,(H,27,32). The summed E-state index contributed by atoms with van der Waals surface area (Å²) in [6.07, 6.45) is 3.27. The monoisotopic (exact) mass is 426 g/mol. The summed E-state index contributed by atoms with van der Waals surface area (Å²) in [6, 6.07) is 20.6. The number of fused-ring (bicyclic) bond motifs is 1. The molecule has 7 heteroatoms. The average Bonchev–Trinajstić information content (AvgIpc) is 3.36. The van der Waals surface area contributed by atoms with Gasteiger partial charge in [-0.2, -0.15) is 5.10 Å². The van der Waals surface area contributed by atoms with Crippen molar-refractivity contribution in [3.63, 3.8) is 0 Å². The average molecular weight is 426 g/mol. The predicted molar refractivity (Wildman–Crippen MR) is 123 cm³/mol. The fraction of sp³-hybridized carbons (Fsp3) is 0.120. The Morgan fingerprint density at radius 3 is 2.56 bits per heavy atom. The summed E-state index contributed by atoms with van der Waals surface area (Å²) in [4.78, 5) is 12.6. The highest BCUT2D eigenvalue weighted by Gasteiger charge is 2.19. The number of benzene rings is 3. The second kappa shape index (κ2) is 7.77. The van der Waals surface area contributed by atoms with Gasteiger partial charge in [-0.05, 0) is 54.3 Å². The van der Waals surface area contributed by atoms with Crippen LogP contribution in [0.15, 0.2) is 77.7 Å². The fourth-order valence-electron chi connectivity index (χ4n) is 4.05. The van der Waals surface area contributed by atoms with Crippen molar-refractivity contribution in [3.8, 4) is 28.6 Å². The number of rotatable bonds is 5. The Hall–Kier alpha value is -4.26. The van der Waals surface area contributed by atoms with Crippen molar-refractivity contribution >= 4 is 10.9 Å². The van der Waals surface area contributed by atoms with E-state index in [0.29, 0.717) is 23.2 Å². The number of phenols is 2. The van der Waals surface area contributed by atoms with E-state index in [1.54, 1.807) is 6.07 Å². The quantitative estimate of drug-likeness (QED) is 0.397. The molecule has 0 atom stereocenters. The molecule has 0 saturated heterocycles. The number of H-pyrrole nitrogens is 1. The lowest BCUT2D eigenvalue weighted by Gasteiger charge is -2.12. The van der Waals surface area contributed by atoms with Gasteiger partial charge in [-0.25, -0.2) is 14.5 Å². The Balaban J connectivity index is 1.57. The van der Waals surface area contributed by atoms with Crippen molar-refractivity contribution in [1.29, 1.82) is 0 Å². The maximum absolute atomic E-state index is 12.6. The normalized spacial score (nSPS) is 11.3. The number of aromatic hydroxyl groups is 2. The molecular weight excluding hydrogens is 404 g/mol. The van der Waals surface area contributed by atoms with Crippen LogP contribution in [-0.4, -0.2) is 29.5 Å². The third kappa shape index (κ3) is 3.43. The van der Waals surface area contributed by atoms with Crippen molar-refractivity contribution < 1.29 is 10.2 Å². The summed E-state index contributed by atoms with van der Waals surface area (Å²) in [5.41, 5.74) is 3.46. The van der Waals surface area contributed by atoms with Crippen LogP contribution >= 0.6 is 0 Å². The number of hydrogen-bond donors (Lipinski definition) is 3. The zero-order chi connectivity index (χ0) is 22.2. The van der Waals surface area contributed by atoms with Gasteiger partial charge in [0.25, 0.3) is 0 Å². The molecule has 0 amide bonds. The van der Waals surface area contributed by atoms with Crippen molar-refractivity contribution in [3.05, 3.63) is 94.5 Å². The van der Waals surface area contributed by atoms with Gasteiger partial charge in [0.1, 0.15) is 11.5 Å². The number of nitrogens with one attached hydrogen (secondary N) is 1. The van der Waals surface area contributed by atoms with Gasteiger partial charge in [-0.3, -0.25) is 0 Å². The number of hydrogen-bond acceptors (Lipinski definition) is 4. The van der Waals surface area contributed by atoms with E-state index in [-0.39, 0.29) is 17.3 Å². The first-order chi connectivity index (χ1) is 15.5.